The van der Waals surface area contributed by atoms with Gasteiger partial charge in [0.15, 0.2) is 0 Å². The summed E-state index contributed by atoms with van der Waals surface area (Å²) in [5, 5.41) is 8.24. The van der Waals surface area contributed by atoms with Crippen molar-refractivity contribution in [1.82, 2.24) is 0 Å². The van der Waals surface area contributed by atoms with Crippen molar-refractivity contribution in [3.8, 4) is 0 Å². The van der Waals surface area contributed by atoms with E-state index in [0.29, 0.717) is 28.2 Å². The van der Waals surface area contributed by atoms with Crippen LogP contribution >= 0.6 is 15.9 Å². The minimum atomic E-state index is -0.309. The maximum Gasteiger partial charge on any atom is 0.255 e. The first-order chi connectivity index (χ1) is 13.9. The first kappa shape index (κ1) is 20.3. The van der Waals surface area contributed by atoms with Gasteiger partial charge in [0, 0.05) is 39.6 Å². The molecule has 0 heterocycles. The monoisotopic (exact) mass is 451 g/mol. The molecular formula is C22H18BrN3O3. The minimum absolute atomic E-state index is 0.163. The normalized spacial score (nSPS) is 10.1. The van der Waals surface area contributed by atoms with Crippen LogP contribution in [-0.4, -0.2) is 17.7 Å². The van der Waals surface area contributed by atoms with Crippen LogP contribution in [0.25, 0.3) is 0 Å². The van der Waals surface area contributed by atoms with Gasteiger partial charge in [0.1, 0.15) is 0 Å². The zero-order valence-corrected chi connectivity index (χ0v) is 17.1. The molecule has 146 valence electrons. The second-order valence-corrected chi connectivity index (χ2v) is 7.17. The predicted octanol–water partition coefficient (Wildman–Crippen LogP) is 4.91. The number of rotatable bonds is 5. The summed E-state index contributed by atoms with van der Waals surface area (Å²) in [7, 11) is 0. The molecule has 0 radical (unpaired) electrons. The van der Waals surface area contributed by atoms with E-state index in [1.165, 1.54) is 6.92 Å². The number of hydrogen-bond donors (Lipinski definition) is 3. The molecule has 0 fully saturated rings. The van der Waals surface area contributed by atoms with Crippen LogP contribution in [0.5, 0.6) is 0 Å². The van der Waals surface area contributed by atoms with Crippen molar-refractivity contribution in [2.45, 2.75) is 6.92 Å². The van der Waals surface area contributed by atoms with E-state index in [0.717, 1.165) is 4.47 Å². The van der Waals surface area contributed by atoms with Crippen LogP contribution in [0.4, 0.5) is 17.1 Å². The molecule has 6 nitrogen and oxygen atoms in total. The third-order valence-corrected chi connectivity index (χ3v) is 4.43. The summed E-state index contributed by atoms with van der Waals surface area (Å²) in [6.07, 6.45) is 0. The summed E-state index contributed by atoms with van der Waals surface area (Å²) in [5.74, 6) is -0.739. The number of benzene rings is 3. The lowest BCUT2D eigenvalue weighted by atomic mass is 10.1. The Labute approximate surface area is 176 Å². The molecule has 0 saturated heterocycles. The van der Waals surface area contributed by atoms with Gasteiger partial charge in [-0.15, -0.1) is 0 Å². The van der Waals surface area contributed by atoms with Crippen molar-refractivity contribution >= 4 is 50.7 Å². The van der Waals surface area contributed by atoms with E-state index in [4.69, 9.17) is 0 Å². The highest BCUT2D eigenvalue weighted by atomic mass is 79.9. The molecule has 0 aliphatic carbocycles. The quantitative estimate of drug-likeness (QED) is 0.514. The Balaban J connectivity index is 1.67. The fraction of sp³-hybridized carbons (Fsp3) is 0.0455. The summed E-state index contributed by atoms with van der Waals surface area (Å²) in [5.41, 5.74) is 2.67. The number of carbonyl (C=O) groups is 3. The smallest absolute Gasteiger partial charge is 0.255 e. The lowest BCUT2D eigenvalue weighted by Crippen LogP contribution is -2.14. The van der Waals surface area contributed by atoms with Crippen LogP contribution in [-0.2, 0) is 4.79 Å². The molecule has 3 amide bonds. The maximum absolute atomic E-state index is 12.5. The van der Waals surface area contributed by atoms with Crippen molar-refractivity contribution in [3.63, 3.8) is 0 Å². The molecule has 3 N–H and O–H groups in total. The van der Waals surface area contributed by atoms with E-state index in [1.807, 2.05) is 6.07 Å². The van der Waals surface area contributed by atoms with Gasteiger partial charge in [-0.25, -0.2) is 0 Å². The highest BCUT2D eigenvalue weighted by Gasteiger charge is 2.10. The molecule has 0 aliphatic heterocycles. The molecule has 0 saturated carbocycles. The van der Waals surface area contributed by atoms with E-state index in [-0.39, 0.29) is 17.7 Å². The second-order valence-electron chi connectivity index (χ2n) is 6.26. The Kier molecular flexibility index (Phi) is 6.41. The van der Waals surface area contributed by atoms with E-state index in [1.54, 1.807) is 66.7 Å². The minimum Gasteiger partial charge on any atom is -0.326 e. The lowest BCUT2D eigenvalue weighted by molar-refractivity contribution is -0.114. The molecule has 3 rings (SSSR count). The first-order valence-corrected chi connectivity index (χ1v) is 9.56. The van der Waals surface area contributed by atoms with Gasteiger partial charge < -0.3 is 16.0 Å². The van der Waals surface area contributed by atoms with Gasteiger partial charge in [-0.1, -0.05) is 28.1 Å². The van der Waals surface area contributed by atoms with E-state index < -0.39 is 0 Å². The van der Waals surface area contributed by atoms with Crippen LogP contribution in [0.1, 0.15) is 27.6 Å². The van der Waals surface area contributed by atoms with E-state index >= 15 is 0 Å². The highest BCUT2D eigenvalue weighted by molar-refractivity contribution is 9.10. The molecule has 0 bridgehead atoms. The molecule has 3 aromatic carbocycles. The van der Waals surface area contributed by atoms with Gasteiger partial charge >= 0.3 is 0 Å². The SMILES string of the molecule is CC(=O)Nc1ccc(NC(=O)c2cccc(NC(=O)c3cccc(Br)c3)c2)cc1. The summed E-state index contributed by atoms with van der Waals surface area (Å²) in [6, 6.07) is 20.5. The maximum atomic E-state index is 12.5. The highest BCUT2D eigenvalue weighted by Crippen LogP contribution is 2.18. The van der Waals surface area contributed by atoms with Gasteiger partial charge in [0.2, 0.25) is 5.91 Å². The lowest BCUT2D eigenvalue weighted by Gasteiger charge is -2.09. The fourth-order valence-electron chi connectivity index (χ4n) is 2.61. The molecule has 0 aromatic heterocycles. The van der Waals surface area contributed by atoms with Crippen LogP contribution < -0.4 is 16.0 Å². The zero-order valence-electron chi connectivity index (χ0n) is 15.5. The number of halogens is 1. The summed E-state index contributed by atoms with van der Waals surface area (Å²) >= 11 is 3.34. The van der Waals surface area contributed by atoms with Gasteiger partial charge in [-0.2, -0.15) is 0 Å². The number of nitrogens with one attached hydrogen (secondary N) is 3. The third kappa shape index (κ3) is 5.76. The molecule has 3 aromatic rings. The van der Waals surface area contributed by atoms with Crippen LogP contribution in [0.15, 0.2) is 77.3 Å². The Morgan fingerprint density at radius 2 is 1.17 bits per heavy atom. The number of carbonyl (C=O) groups excluding carboxylic acids is 3. The second kappa shape index (κ2) is 9.16. The molecule has 0 spiro atoms. The Morgan fingerprint density at radius 1 is 0.655 bits per heavy atom. The van der Waals surface area contributed by atoms with E-state index in [2.05, 4.69) is 31.9 Å². The van der Waals surface area contributed by atoms with Crippen LogP contribution in [0, 0.1) is 0 Å². The third-order valence-electron chi connectivity index (χ3n) is 3.93. The Hall–Kier alpha value is -3.45. The summed E-state index contributed by atoms with van der Waals surface area (Å²) in [4.78, 5) is 36.0. The van der Waals surface area contributed by atoms with Crippen molar-refractivity contribution in [2.75, 3.05) is 16.0 Å². The van der Waals surface area contributed by atoms with Crippen molar-refractivity contribution < 1.29 is 14.4 Å². The molecule has 0 aliphatic rings. The molecule has 0 atom stereocenters. The van der Waals surface area contributed by atoms with Crippen LogP contribution in [0.2, 0.25) is 0 Å². The Morgan fingerprint density at radius 3 is 1.76 bits per heavy atom. The number of anilines is 3. The van der Waals surface area contributed by atoms with E-state index in [9.17, 15) is 14.4 Å². The van der Waals surface area contributed by atoms with Gasteiger partial charge in [-0.3, -0.25) is 14.4 Å². The van der Waals surface area contributed by atoms with Gasteiger partial charge in [-0.05, 0) is 60.7 Å². The molecule has 0 unspecified atom stereocenters. The Bertz CT molecular complexity index is 1060. The summed E-state index contributed by atoms with van der Waals surface area (Å²) in [6.45, 7) is 1.43. The summed E-state index contributed by atoms with van der Waals surface area (Å²) < 4.78 is 0.808. The fourth-order valence-corrected chi connectivity index (χ4v) is 3.01. The topological polar surface area (TPSA) is 87.3 Å². The van der Waals surface area contributed by atoms with Gasteiger partial charge in [0.25, 0.3) is 11.8 Å². The van der Waals surface area contributed by atoms with Gasteiger partial charge in [0.05, 0.1) is 0 Å². The van der Waals surface area contributed by atoms with Crippen molar-refractivity contribution in [2.24, 2.45) is 0 Å². The standard InChI is InChI=1S/C22H18BrN3O3/c1-14(27)24-18-8-10-19(11-9-18)25-22(29)16-5-3-7-20(13-16)26-21(28)15-4-2-6-17(23)12-15/h2-13H,1H3,(H,24,27)(H,25,29)(H,26,28). The number of amides is 3. The van der Waals surface area contributed by atoms with Crippen molar-refractivity contribution in [3.05, 3.63) is 88.4 Å². The average Bonchev–Trinajstić information content (AvgIpc) is 2.69. The predicted molar refractivity (Wildman–Crippen MR) is 117 cm³/mol. The van der Waals surface area contributed by atoms with Crippen LogP contribution in [0.3, 0.4) is 0 Å². The first-order valence-electron chi connectivity index (χ1n) is 8.77. The molecule has 29 heavy (non-hydrogen) atoms. The number of hydrogen-bond acceptors (Lipinski definition) is 3. The van der Waals surface area contributed by atoms with Crippen molar-refractivity contribution in [1.29, 1.82) is 0 Å². The zero-order chi connectivity index (χ0) is 20.8. The largest absolute Gasteiger partial charge is 0.326 e. The molecular weight excluding hydrogens is 434 g/mol. The average molecular weight is 452 g/mol. The molecule has 7 heteroatoms.